The molecular weight excluding hydrogens is 304 g/mol. The Balaban J connectivity index is 3.18. The summed E-state index contributed by atoms with van der Waals surface area (Å²) in [4.78, 5) is 11.0. The highest BCUT2D eigenvalue weighted by Crippen LogP contribution is 2.23. The SMILES string of the molecule is CC(C)CCNc1ccc(C(=O)O)cc1S(=O)(=O)NC(C)C. The van der Waals surface area contributed by atoms with Gasteiger partial charge in [0.1, 0.15) is 4.90 Å². The van der Waals surface area contributed by atoms with E-state index < -0.39 is 16.0 Å². The topological polar surface area (TPSA) is 95.5 Å². The molecule has 0 fully saturated rings. The monoisotopic (exact) mass is 328 g/mol. The summed E-state index contributed by atoms with van der Waals surface area (Å²) >= 11 is 0. The summed E-state index contributed by atoms with van der Waals surface area (Å²) in [5, 5.41) is 12.1. The van der Waals surface area contributed by atoms with Crippen LogP contribution in [0.2, 0.25) is 0 Å². The van der Waals surface area contributed by atoms with Crippen molar-refractivity contribution in [1.29, 1.82) is 0 Å². The van der Waals surface area contributed by atoms with Crippen LogP contribution in [0, 0.1) is 5.92 Å². The van der Waals surface area contributed by atoms with Crippen LogP contribution in [0.15, 0.2) is 23.1 Å². The van der Waals surface area contributed by atoms with Gasteiger partial charge in [0.25, 0.3) is 0 Å². The van der Waals surface area contributed by atoms with E-state index in [9.17, 15) is 13.2 Å². The average molecular weight is 328 g/mol. The van der Waals surface area contributed by atoms with Gasteiger partial charge in [-0.2, -0.15) is 0 Å². The Hall–Kier alpha value is -1.60. The number of anilines is 1. The molecule has 0 saturated heterocycles. The van der Waals surface area contributed by atoms with Crippen LogP contribution in [0.3, 0.4) is 0 Å². The lowest BCUT2D eigenvalue weighted by atomic mass is 10.1. The highest BCUT2D eigenvalue weighted by atomic mass is 32.2. The van der Waals surface area contributed by atoms with E-state index in [0.717, 1.165) is 6.42 Å². The van der Waals surface area contributed by atoms with Gasteiger partial charge in [0.05, 0.1) is 11.3 Å². The van der Waals surface area contributed by atoms with Crippen molar-refractivity contribution in [2.45, 2.75) is 45.1 Å². The summed E-state index contributed by atoms with van der Waals surface area (Å²) in [5.74, 6) is -0.672. The molecule has 1 aromatic carbocycles. The third kappa shape index (κ3) is 5.31. The molecule has 0 aliphatic carbocycles. The number of carboxylic acid groups (broad SMARTS) is 1. The van der Waals surface area contributed by atoms with E-state index in [1.807, 2.05) is 0 Å². The predicted molar refractivity (Wildman–Crippen MR) is 86.8 cm³/mol. The van der Waals surface area contributed by atoms with Crippen molar-refractivity contribution >= 4 is 21.7 Å². The first-order chi connectivity index (χ1) is 10.1. The van der Waals surface area contributed by atoms with Crippen LogP contribution in [-0.4, -0.2) is 32.1 Å². The van der Waals surface area contributed by atoms with E-state index in [1.54, 1.807) is 13.8 Å². The van der Waals surface area contributed by atoms with Crippen LogP contribution < -0.4 is 10.0 Å². The maximum atomic E-state index is 12.4. The zero-order valence-electron chi connectivity index (χ0n) is 13.4. The molecule has 22 heavy (non-hydrogen) atoms. The average Bonchev–Trinajstić information content (AvgIpc) is 2.36. The van der Waals surface area contributed by atoms with E-state index in [-0.39, 0.29) is 16.5 Å². The van der Waals surface area contributed by atoms with Gasteiger partial charge < -0.3 is 10.4 Å². The number of rotatable bonds is 8. The van der Waals surface area contributed by atoms with Gasteiger partial charge in [-0.05, 0) is 44.4 Å². The second-order valence-corrected chi connectivity index (χ2v) is 7.58. The first kappa shape index (κ1) is 18.4. The predicted octanol–water partition coefficient (Wildman–Crippen LogP) is 2.53. The van der Waals surface area contributed by atoms with Crippen LogP contribution in [-0.2, 0) is 10.0 Å². The number of carbonyl (C=O) groups is 1. The lowest BCUT2D eigenvalue weighted by Gasteiger charge is -2.16. The molecule has 7 heteroatoms. The number of carboxylic acids is 1. The Bertz CT molecular complexity index is 624. The quantitative estimate of drug-likeness (QED) is 0.681. The normalized spacial score (nSPS) is 11.9. The van der Waals surface area contributed by atoms with E-state index >= 15 is 0 Å². The lowest BCUT2D eigenvalue weighted by molar-refractivity contribution is 0.0696. The summed E-state index contributed by atoms with van der Waals surface area (Å²) in [7, 11) is -3.77. The number of benzene rings is 1. The smallest absolute Gasteiger partial charge is 0.335 e. The van der Waals surface area contributed by atoms with Gasteiger partial charge in [-0.25, -0.2) is 17.9 Å². The number of nitrogens with one attached hydrogen (secondary N) is 2. The zero-order valence-corrected chi connectivity index (χ0v) is 14.2. The number of hydrogen-bond acceptors (Lipinski definition) is 4. The van der Waals surface area contributed by atoms with Crippen molar-refractivity contribution in [1.82, 2.24) is 4.72 Å². The van der Waals surface area contributed by atoms with Crippen LogP contribution in [0.1, 0.15) is 44.5 Å². The summed E-state index contributed by atoms with van der Waals surface area (Å²) in [5.41, 5.74) is 0.359. The fourth-order valence-corrected chi connectivity index (χ4v) is 3.35. The first-order valence-corrected chi connectivity index (χ1v) is 8.75. The Morgan fingerprint density at radius 2 is 1.86 bits per heavy atom. The molecule has 0 aliphatic heterocycles. The fourth-order valence-electron chi connectivity index (χ4n) is 1.89. The summed E-state index contributed by atoms with van der Waals surface area (Å²) < 4.78 is 27.3. The van der Waals surface area contributed by atoms with Gasteiger partial charge in [-0.15, -0.1) is 0 Å². The van der Waals surface area contributed by atoms with Gasteiger partial charge >= 0.3 is 5.97 Å². The maximum absolute atomic E-state index is 12.4. The minimum atomic E-state index is -3.77. The van der Waals surface area contributed by atoms with Crippen LogP contribution >= 0.6 is 0 Å². The minimum absolute atomic E-state index is 0.0372. The van der Waals surface area contributed by atoms with Crippen LogP contribution in [0.5, 0.6) is 0 Å². The third-order valence-electron chi connectivity index (χ3n) is 2.95. The molecule has 0 amide bonds. The molecule has 3 N–H and O–H groups in total. The van der Waals surface area contributed by atoms with E-state index in [1.165, 1.54) is 18.2 Å². The fraction of sp³-hybridized carbons (Fsp3) is 0.533. The minimum Gasteiger partial charge on any atom is -0.478 e. The molecule has 1 aromatic rings. The van der Waals surface area contributed by atoms with Gasteiger partial charge in [-0.1, -0.05) is 13.8 Å². The van der Waals surface area contributed by atoms with Crippen molar-refractivity contribution < 1.29 is 18.3 Å². The second-order valence-electron chi connectivity index (χ2n) is 5.90. The number of hydrogen-bond donors (Lipinski definition) is 3. The molecular formula is C15H24N2O4S. The molecule has 124 valence electrons. The lowest BCUT2D eigenvalue weighted by Crippen LogP contribution is -2.31. The van der Waals surface area contributed by atoms with Crippen molar-refractivity contribution in [3.63, 3.8) is 0 Å². The van der Waals surface area contributed by atoms with Gasteiger partial charge in [0.2, 0.25) is 10.0 Å². The molecule has 0 radical (unpaired) electrons. The van der Waals surface area contributed by atoms with E-state index in [4.69, 9.17) is 5.11 Å². The first-order valence-electron chi connectivity index (χ1n) is 7.27. The van der Waals surface area contributed by atoms with Gasteiger partial charge in [0.15, 0.2) is 0 Å². The van der Waals surface area contributed by atoms with Gasteiger partial charge in [0, 0.05) is 12.6 Å². The Morgan fingerprint density at radius 3 is 2.36 bits per heavy atom. The molecule has 0 atom stereocenters. The largest absolute Gasteiger partial charge is 0.478 e. The summed E-state index contributed by atoms with van der Waals surface area (Å²) in [6.45, 7) is 8.20. The molecule has 0 spiro atoms. The Labute approximate surface area is 132 Å². The van der Waals surface area contributed by atoms with Crippen molar-refractivity contribution in [3.8, 4) is 0 Å². The standard InChI is InChI=1S/C15H24N2O4S/c1-10(2)7-8-16-13-6-5-12(15(18)19)9-14(13)22(20,21)17-11(3)4/h5-6,9-11,16-17H,7-8H2,1-4H3,(H,18,19). The molecule has 0 bridgehead atoms. The molecule has 1 rings (SSSR count). The van der Waals surface area contributed by atoms with Crippen molar-refractivity contribution in [2.75, 3.05) is 11.9 Å². The molecule has 0 aromatic heterocycles. The van der Waals surface area contributed by atoms with Crippen LogP contribution in [0.4, 0.5) is 5.69 Å². The third-order valence-corrected chi connectivity index (χ3v) is 4.64. The number of aromatic carboxylic acids is 1. The molecule has 6 nitrogen and oxygen atoms in total. The second kappa shape index (κ2) is 7.60. The highest BCUT2D eigenvalue weighted by Gasteiger charge is 2.21. The highest BCUT2D eigenvalue weighted by molar-refractivity contribution is 7.89. The van der Waals surface area contributed by atoms with Gasteiger partial charge in [-0.3, -0.25) is 0 Å². The Morgan fingerprint density at radius 1 is 1.23 bits per heavy atom. The van der Waals surface area contributed by atoms with E-state index in [2.05, 4.69) is 23.9 Å². The summed E-state index contributed by atoms with van der Waals surface area (Å²) in [6.07, 6.45) is 0.887. The number of sulfonamides is 1. The molecule has 0 saturated carbocycles. The Kier molecular flexibility index (Phi) is 6.37. The van der Waals surface area contributed by atoms with Crippen molar-refractivity contribution in [2.24, 2.45) is 5.92 Å². The van der Waals surface area contributed by atoms with Crippen LogP contribution in [0.25, 0.3) is 0 Å². The van der Waals surface area contributed by atoms with Crippen molar-refractivity contribution in [3.05, 3.63) is 23.8 Å². The molecule has 0 heterocycles. The maximum Gasteiger partial charge on any atom is 0.335 e. The summed E-state index contributed by atoms with van der Waals surface area (Å²) in [6, 6.07) is 3.81. The van der Waals surface area contributed by atoms with E-state index in [0.29, 0.717) is 18.2 Å². The zero-order chi connectivity index (χ0) is 16.9. The molecule has 0 aliphatic rings. The molecule has 0 unspecified atom stereocenters.